The van der Waals surface area contributed by atoms with Gasteiger partial charge in [0.25, 0.3) is 0 Å². The van der Waals surface area contributed by atoms with E-state index in [1.807, 2.05) is 26.0 Å². The fraction of sp³-hybridized carbons (Fsp3) is 0.235. The number of para-hydroxylation sites is 2. The third-order valence-electron chi connectivity index (χ3n) is 3.39. The first-order chi connectivity index (χ1) is 9.96. The molecule has 0 saturated heterocycles. The van der Waals surface area contributed by atoms with Gasteiger partial charge < -0.3 is 14.6 Å². The van der Waals surface area contributed by atoms with Crippen molar-refractivity contribution in [2.24, 2.45) is 0 Å². The summed E-state index contributed by atoms with van der Waals surface area (Å²) in [5.74, 6) is 0.542. The predicted octanol–water partition coefficient (Wildman–Crippen LogP) is 3.89. The molecule has 3 rings (SSSR count). The highest BCUT2D eigenvalue weighted by molar-refractivity contribution is 5.91. The van der Waals surface area contributed by atoms with Crippen molar-refractivity contribution in [3.05, 3.63) is 53.6 Å². The smallest absolute Gasteiger partial charge is 0.339 e. The zero-order valence-electron chi connectivity index (χ0n) is 11.9. The van der Waals surface area contributed by atoms with Gasteiger partial charge in [0.2, 0.25) is 0 Å². The molecule has 0 radical (unpaired) electrons. The number of ether oxygens (including phenoxy) is 2. The van der Waals surface area contributed by atoms with E-state index < -0.39 is 5.97 Å². The second-order valence-corrected chi connectivity index (χ2v) is 5.69. The lowest BCUT2D eigenvalue weighted by molar-refractivity contribution is 0.0693. The highest BCUT2D eigenvalue weighted by atomic mass is 16.5. The molecule has 0 bridgehead atoms. The van der Waals surface area contributed by atoms with Crippen LogP contribution in [-0.4, -0.2) is 16.7 Å². The Balaban J connectivity index is 1.98. The van der Waals surface area contributed by atoms with Gasteiger partial charge >= 0.3 is 5.97 Å². The van der Waals surface area contributed by atoms with Crippen molar-refractivity contribution >= 4 is 5.97 Å². The summed E-state index contributed by atoms with van der Waals surface area (Å²) in [5, 5.41) is 9.21. The van der Waals surface area contributed by atoms with Crippen LogP contribution < -0.4 is 9.47 Å². The van der Waals surface area contributed by atoms with Crippen LogP contribution >= 0.6 is 0 Å². The summed E-state index contributed by atoms with van der Waals surface area (Å²) in [7, 11) is 0. The minimum Gasteiger partial charge on any atom is -0.483 e. The summed E-state index contributed by atoms with van der Waals surface area (Å²) in [6.07, 6.45) is 0.806. The summed E-state index contributed by atoms with van der Waals surface area (Å²) in [4.78, 5) is 11.2. The Kier molecular flexibility index (Phi) is 3.09. The topological polar surface area (TPSA) is 55.8 Å². The minimum atomic E-state index is -1.01. The van der Waals surface area contributed by atoms with Crippen LogP contribution in [0.2, 0.25) is 0 Å². The van der Waals surface area contributed by atoms with Gasteiger partial charge in [-0.3, -0.25) is 0 Å². The van der Waals surface area contributed by atoms with Crippen molar-refractivity contribution in [1.29, 1.82) is 0 Å². The van der Waals surface area contributed by atoms with Crippen molar-refractivity contribution in [2.45, 2.75) is 25.9 Å². The molecule has 0 atom stereocenters. The Morgan fingerprint density at radius 2 is 1.86 bits per heavy atom. The highest BCUT2D eigenvalue weighted by Gasteiger charge is 2.32. The molecule has 4 heteroatoms. The molecule has 0 saturated carbocycles. The van der Waals surface area contributed by atoms with Crippen molar-refractivity contribution in [2.75, 3.05) is 0 Å². The van der Waals surface area contributed by atoms with Crippen molar-refractivity contribution < 1.29 is 19.4 Å². The molecular formula is C17H16O4. The fourth-order valence-electron chi connectivity index (χ4n) is 2.52. The van der Waals surface area contributed by atoms with Crippen LogP contribution in [-0.2, 0) is 6.42 Å². The Morgan fingerprint density at radius 3 is 2.62 bits per heavy atom. The van der Waals surface area contributed by atoms with Gasteiger partial charge in [0, 0.05) is 12.0 Å². The number of hydrogen-bond donors (Lipinski definition) is 1. The molecule has 0 aliphatic carbocycles. The molecule has 4 nitrogen and oxygen atoms in total. The molecule has 1 heterocycles. The molecule has 1 aliphatic rings. The van der Waals surface area contributed by atoms with Gasteiger partial charge in [-0.05, 0) is 32.0 Å². The van der Waals surface area contributed by atoms with E-state index in [0.29, 0.717) is 17.2 Å². The number of carboxylic acids is 1. The van der Waals surface area contributed by atoms with Crippen LogP contribution in [0.5, 0.6) is 17.2 Å². The maximum atomic E-state index is 11.2. The summed E-state index contributed by atoms with van der Waals surface area (Å²) < 4.78 is 11.7. The quantitative estimate of drug-likeness (QED) is 0.929. The Hall–Kier alpha value is -2.49. The Bertz CT molecular complexity index is 704. The number of carbonyl (C=O) groups is 1. The first-order valence-corrected chi connectivity index (χ1v) is 6.77. The average Bonchev–Trinajstić information content (AvgIpc) is 2.74. The number of carboxylic acid groups (broad SMARTS) is 1. The zero-order chi connectivity index (χ0) is 15.0. The van der Waals surface area contributed by atoms with Crippen LogP contribution in [0.3, 0.4) is 0 Å². The number of aromatic carboxylic acids is 1. The molecule has 21 heavy (non-hydrogen) atoms. The molecule has 1 N–H and O–H groups in total. The van der Waals surface area contributed by atoms with Crippen LogP contribution in [0.4, 0.5) is 0 Å². The third kappa shape index (κ3) is 2.57. The van der Waals surface area contributed by atoms with Gasteiger partial charge in [-0.15, -0.1) is 0 Å². The van der Waals surface area contributed by atoms with Gasteiger partial charge in [0.15, 0.2) is 11.5 Å². The van der Waals surface area contributed by atoms with E-state index in [2.05, 4.69) is 0 Å². The summed E-state index contributed by atoms with van der Waals surface area (Å²) in [6, 6.07) is 12.3. The molecule has 0 fully saturated rings. The summed E-state index contributed by atoms with van der Waals surface area (Å²) >= 11 is 0. The van der Waals surface area contributed by atoms with Gasteiger partial charge in [0.1, 0.15) is 16.9 Å². The number of hydrogen-bond acceptors (Lipinski definition) is 3. The lowest BCUT2D eigenvalue weighted by atomic mass is 10.0. The van der Waals surface area contributed by atoms with Gasteiger partial charge in [-0.1, -0.05) is 24.3 Å². The van der Waals surface area contributed by atoms with Crippen molar-refractivity contribution in [3.63, 3.8) is 0 Å². The molecule has 0 spiro atoms. The van der Waals surface area contributed by atoms with E-state index in [1.165, 1.54) is 6.07 Å². The molecule has 2 aromatic carbocycles. The van der Waals surface area contributed by atoms with E-state index in [1.54, 1.807) is 24.3 Å². The molecule has 2 aromatic rings. The second-order valence-electron chi connectivity index (χ2n) is 5.69. The maximum absolute atomic E-state index is 11.2. The molecule has 0 unspecified atom stereocenters. The lowest BCUT2D eigenvalue weighted by Gasteiger charge is -2.18. The van der Waals surface area contributed by atoms with Crippen LogP contribution in [0, 0.1) is 0 Å². The molecule has 0 aromatic heterocycles. The van der Waals surface area contributed by atoms with Gasteiger partial charge in [0.05, 0.1) is 0 Å². The third-order valence-corrected chi connectivity index (χ3v) is 3.39. The fourth-order valence-corrected chi connectivity index (χ4v) is 2.52. The SMILES string of the molecule is CC1(C)Cc2cccc(Oc3ccccc3C(=O)O)c2O1. The normalized spacial score (nSPS) is 15.1. The Labute approximate surface area is 122 Å². The molecule has 0 amide bonds. The van der Waals surface area contributed by atoms with Gasteiger partial charge in [-0.2, -0.15) is 0 Å². The number of rotatable bonds is 3. The van der Waals surface area contributed by atoms with Gasteiger partial charge in [-0.25, -0.2) is 4.79 Å². The first kappa shape index (κ1) is 13.5. The predicted molar refractivity (Wildman–Crippen MR) is 78.3 cm³/mol. The molecule has 108 valence electrons. The largest absolute Gasteiger partial charge is 0.483 e. The monoisotopic (exact) mass is 284 g/mol. The standard InChI is InChI=1S/C17H16O4/c1-17(2)10-11-6-5-9-14(15(11)21-17)20-13-8-4-3-7-12(13)16(18)19/h3-9H,10H2,1-2H3,(H,18,19). The maximum Gasteiger partial charge on any atom is 0.339 e. The molecule has 1 aliphatic heterocycles. The van der Waals surface area contributed by atoms with Crippen molar-refractivity contribution in [3.8, 4) is 17.2 Å². The highest BCUT2D eigenvalue weighted by Crippen LogP contribution is 2.43. The van der Waals surface area contributed by atoms with E-state index in [-0.39, 0.29) is 11.2 Å². The van der Waals surface area contributed by atoms with E-state index in [4.69, 9.17) is 9.47 Å². The van der Waals surface area contributed by atoms with E-state index >= 15 is 0 Å². The number of benzene rings is 2. The van der Waals surface area contributed by atoms with Crippen LogP contribution in [0.25, 0.3) is 0 Å². The van der Waals surface area contributed by atoms with Crippen LogP contribution in [0.15, 0.2) is 42.5 Å². The zero-order valence-corrected chi connectivity index (χ0v) is 11.9. The minimum absolute atomic E-state index is 0.132. The van der Waals surface area contributed by atoms with E-state index in [0.717, 1.165) is 12.0 Å². The van der Waals surface area contributed by atoms with E-state index in [9.17, 15) is 9.90 Å². The Morgan fingerprint density at radius 1 is 1.14 bits per heavy atom. The molecular weight excluding hydrogens is 268 g/mol. The number of fused-ring (bicyclic) bond motifs is 1. The second kappa shape index (κ2) is 4.81. The summed E-state index contributed by atoms with van der Waals surface area (Å²) in [5.41, 5.74) is 0.936. The first-order valence-electron chi connectivity index (χ1n) is 6.77. The lowest BCUT2D eigenvalue weighted by Crippen LogP contribution is -2.24. The summed E-state index contributed by atoms with van der Waals surface area (Å²) in [6.45, 7) is 4.03. The van der Waals surface area contributed by atoms with Crippen LogP contribution in [0.1, 0.15) is 29.8 Å². The van der Waals surface area contributed by atoms with Crippen molar-refractivity contribution in [1.82, 2.24) is 0 Å². The average molecular weight is 284 g/mol.